The van der Waals surface area contributed by atoms with E-state index in [2.05, 4.69) is 20.7 Å². The minimum Gasteiger partial charge on any atom is -0.394 e. The monoisotopic (exact) mass is 239 g/mol. The number of nitrogens with one attached hydrogen (secondary N) is 2. The number of hydrogen-bond donors (Lipinski definition) is 4. The molecule has 1 aromatic heterocycles. The Bertz CT molecular complexity index is 356. The van der Waals surface area contributed by atoms with Gasteiger partial charge in [-0.2, -0.15) is 0 Å². The van der Waals surface area contributed by atoms with Crippen molar-refractivity contribution >= 4 is 11.6 Å². The first kappa shape index (κ1) is 13.7. The summed E-state index contributed by atoms with van der Waals surface area (Å²) in [4.78, 5) is 8.26. The second-order valence-electron chi connectivity index (χ2n) is 4.22. The number of hydrogen-bond acceptors (Lipinski definition) is 6. The molecule has 0 aliphatic heterocycles. The first-order valence-corrected chi connectivity index (χ1v) is 5.81. The van der Waals surface area contributed by atoms with Gasteiger partial charge in [0, 0.05) is 5.56 Å². The van der Waals surface area contributed by atoms with Crippen LogP contribution in [0.5, 0.6) is 0 Å². The quantitative estimate of drug-likeness (QED) is 0.432. The Morgan fingerprint density at radius 1 is 1.35 bits per heavy atom. The zero-order valence-corrected chi connectivity index (χ0v) is 10.6. The molecule has 6 nitrogen and oxygen atoms in total. The smallest absolute Gasteiger partial charge is 0.148 e. The number of nitrogens with zero attached hydrogens (tertiary/aromatic N) is 2. The normalized spacial score (nSPS) is 12.6. The van der Waals surface area contributed by atoms with E-state index >= 15 is 0 Å². The molecular formula is C11H21N5O. The molecule has 0 saturated carbocycles. The van der Waals surface area contributed by atoms with Crippen LogP contribution in [0.2, 0.25) is 0 Å². The average Bonchev–Trinajstić information content (AvgIpc) is 2.34. The van der Waals surface area contributed by atoms with Crippen LogP contribution >= 0.6 is 0 Å². The van der Waals surface area contributed by atoms with Gasteiger partial charge in [-0.3, -0.25) is 0 Å². The molecule has 1 atom stereocenters. The number of hydrazine groups is 1. The third kappa shape index (κ3) is 3.28. The molecule has 0 spiro atoms. The van der Waals surface area contributed by atoms with Crippen LogP contribution < -0.4 is 16.6 Å². The van der Waals surface area contributed by atoms with Crippen molar-refractivity contribution < 1.29 is 5.11 Å². The molecule has 0 amide bonds. The Hall–Kier alpha value is -1.40. The number of rotatable bonds is 6. The highest BCUT2D eigenvalue weighted by molar-refractivity contribution is 5.57. The van der Waals surface area contributed by atoms with Crippen LogP contribution in [-0.2, 0) is 6.42 Å². The van der Waals surface area contributed by atoms with Crippen molar-refractivity contribution in [2.24, 2.45) is 11.8 Å². The maximum atomic E-state index is 9.30. The fourth-order valence-electron chi connectivity index (χ4n) is 1.59. The summed E-state index contributed by atoms with van der Waals surface area (Å²) < 4.78 is 0. The highest BCUT2D eigenvalue weighted by atomic mass is 16.3. The van der Waals surface area contributed by atoms with E-state index < -0.39 is 0 Å². The van der Waals surface area contributed by atoms with Gasteiger partial charge in [-0.1, -0.05) is 20.8 Å². The fraction of sp³-hybridized carbons (Fsp3) is 0.636. The molecule has 0 aliphatic rings. The molecule has 1 rings (SSSR count). The van der Waals surface area contributed by atoms with E-state index in [9.17, 15) is 5.11 Å². The van der Waals surface area contributed by atoms with Crippen LogP contribution in [0.1, 0.15) is 26.3 Å². The van der Waals surface area contributed by atoms with Crippen LogP contribution in [0.3, 0.4) is 0 Å². The van der Waals surface area contributed by atoms with E-state index in [0.717, 1.165) is 17.8 Å². The third-order valence-corrected chi connectivity index (χ3v) is 2.76. The maximum absolute atomic E-state index is 9.30. The van der Waals surface area contributed by atoms with E-state index in [-0.39, 0.29) is 12.6 Å². The second-order valence-corrected chi connectivity index (χ2v) is 4.22. The standard InChI is InChI=1S/C11H21N5O/c1-4-8-10(13-6-14-11(8)16-12)15-9(5-17)7(2)3/h6-7,9,17H,4-5,12H2,1-3H3,(H2,13,14,15,16). The Kier molecular flexibility index (Phi) is 5.11. The molecule has 0 saturated heterocycles. The van der Waals surface area contributed by atoms with Crippen molar-refractivity contribution in [2.75, 3.05) is 17.3 Å². The highest BCUT2D eigenvalue weighted by Crippen LogP contribution is 2.21. The lowest BCUT2D eigenvalue weighted by atomic mass is 10.1. The molecule has 0 aliphatic carbocycles. The molecule has 0 aromatic carbocycles. The third-order valence-electron chi connectivity index (χ3n) is 2.76. The molecule has 96 valence electrons. The SMILES string of the molecule is CCc1c(NN)ncnc1NC(CO)C(C)C. The van der Waals surface area contributed by atoms with Gasteiger partial charge >= 0.3 is 0 Å². The first-order chi connectivity index (χ1) is 8.13. The summed E-state index contributed by atoms with van der Waals surface area (Å²) in [5.74, 6) is 7.06. The van der Waals surface area contributed by atoms with Gasteiger partial charge in [-0.05, 0) is 12.3 Å². The number of aliphatic hydroxyl groups excluding tert-OH is 1. The molecule has 0 radical (unpaired) electrons. The number of aliphatic hydroxyl groups is 1. The first-order valence-electron chi connectivity index (χ1n) is 5.81. The van der Waals surface area contributed by atoms with Crippen LogP contribution in [0.4, 0.5) is 11.6 Å². The lowest BCUT2D eigenvalue weighted by Crippen LogP contribution is -2.30. The fourth-order valence-corrected chi connectivity index (χ4v) is 1.59. The minimum absolute atomic E-state index is 0.0270. The van der Waals surface area contributed by atoms with Gasteiger partial charge in [0.2, 0.25) is 0 Å². The zero-order valence-electron chi connectivity index (χ0n) is 10.6. The number of anilines is 2. The summed E-state index contributed by atoms with van der Waals surface area (Å²) in [5, 5.41) is 12.5. The van der Waals surface area contributed by atoms with Crippen molar-refractivity contribution in [3.8, 4) is 0 Å². The number of nitrogens with two attached hydrogens (primary N) is 1. The summed E-state index contributed by atoms with van der Waals surface area (Å²) in [6.45, 7) is 6.16. The van der Waals surface area contributed by atoms with Crippen molar-refractivity contribution in [1.82, 2.24) is 9.97 Å². The van der Waals surface area contributed by atoms with Crippen LogP contribution in [0.25, 0.3) is 0 Å². The largest absolute Gasteiger partial charge is 0.394 e. The maximum Gasteiger partial charge on any atom is 0.148 e. The number of nitrogen functional groups attached to an aromatic ring is 1. The molecule has 5 N–H and O–H groups in total. The van der Waals surface area contributed by atoms with Gasteiger partial charge in [-0.15, -0.1) is 0 Å². The summed E-state index contributed by atoms with van der Waals surface area (Å²) in [7, 11) is 0. The van der Waals surface area contributed by atoms with Crippen LogP contribution in [-0.4, -0.2) is 27.7 Å². The Morgan fingerprint density at radius 3 is 2.47 bits per heavy atom. The van der Waals surface area contributed by atoms with Crippen LogP contribution in [0, 0.1) is 5.92 Å². The molecular weight excluding hydrogens is 218 g/mol. The lowest BCUT2D eigenvalue weighted by molar-refractivity contribution is 0.249. The number of aromatic nitrogens is 2. The average molecular weight is 239 g/mol. The Balaban J connectivity index is 2.97. The van der Waals surface area contributed by atoms with E-state index in [4.69, 9.17) is 5.84 Å². The van der Waals surface area contributed by atoms with E-state index in [1.807, 2.05) is 20.8 Å². The molecule has 0 fully saturated rings. The molecule has 1 unspecified atom stereocenters. The summed E-state index contributed by atoms with van der Waals surface area (Å²) in [6.07, 6.45) is 2.21. The lowest BCUT2D eigenvalue weighted by Gasteiger charge is -2.22. The molecule has 1 heterocycles. The van der Waals surface area contributed by atoms with Gasteiger partial charge in [0.15, 0.2) is 0 Å². The topological polar surface area (TPSA) is 96.1 Å². The predicted molar refractivity (Wildman–Crippen MR) is 68.6 cm³/mol. The Labute approximate surface area is 102 Å². The summed E-state index contributed by atoms with van der Waals surface area (Å²) >= 11 is 0. The van der Waals surface area contributed by atoms with Crippen LogP contribution in [0.15, 0.2) is 6.33 Å². The minimum atomic E-state index is -0.0270. The summed E-state index contributed by atoms with van der Waals surface area (Å²) in [5.41, 5.74) is 3.48. The van der Waals surface area contributed by atoms with Crippen molar-refractivity contribution in [3.05, 3.63) is 11.9 Å². The van der Waals surface area contributed by atoms with Crippen molar-refractivity contribution in [3.63, 3.8) is 0 Å². The van der Waals surface area contributed by atoms with Gasteiger partial charge < -0.3 is 15.8 Å². The van der Waals surface area contributed by atoms with E-state index in [0.29, 0.717) is 11.7 Å². The van der Waals surface area contributed by atoms with E-state index in [1.54, 1.807) is 0 Å². The van der Waals surface area contributed by atoms with E-state index in [1.165, 1.54) is 6.33 Å². The zero-order chi connectivity index (χ0) is 12.8. The van der Waals surface area contributed by atoms with Gasteiger partial charge in [-0.25, -0.2) is 15.8 Å². The highest BCUT2D eigenvalue weighted by Gasteiger charge is 2.16. The van der Waals surface area contributed by atoms with Crippen molar-refractivity contribution in [2.45, 2.75) is 33.2 Å². The molecule has 17 heavy (non-hydrogen) atoms. The van der Waals surface area contributed by atoms with Gasteiger partial charge in [0.1, 0.15) is 18.0 Å². The summed E-state index contributed by atoms with van der Waals surface area (Å²) in [6, 6.07) is -0.0270. The predicted octanol–water partition coefficient (Wildman–Crippen LogP) is 0.753. The second kappa shape index (κ2) is 6.36. The molecule has 0 bridgehead atoms. The van der Waals surface area contributed by atoms with Gasteiger partial charge in [0.25, 0.3) is 0 Å². The Morgan fingerprint density at radius 2 is 2.00 bits per heavy atom. The molecule has 6 heteroatoms. The van der Waals surface area contributed by atoms with Gasteiger partial charge in [0.05, 0.1) is 12.6 Å². The van der Waals surface area contributed by atoms with Crippen molar-refractivity contribution in [1.29, 1.82) is 0 Å². The molecule has 1 aromatic rings.